The molecule has 14 heavy (non-hydrogen) atoms. The third-order valence-electron chi connectivity index (χ3n) is 3.62. The Bertz CT molecular complexity index is 150. The molecule has 1 fully saturated rings. The molecule has 1 aliphatic carbocycles. The fraction of sp³-hybridized carbons (Fsp3) is 1.00. The zero-order chi connectivity index (χ0) is 10.6. The lowest BCUT2D eigenvalue weighted by atomic mass is 10.0. The molecule has 2 heteroatoms. The second-order valence-corrected chi connectivity index (χ2v) is 5.12. The molecule has 1 rings (SSSR count). The average Bonchev–Trinajstić information content (AvgIpc) is 2.66. The standard InChI is InChI=1S/C12H26N2/c1-10(2)12(13)8-9-14(3)11-6-4-5-7-11/h10-12H,4-9,13H2,1-3H3. The highest BCUT2D eigenvalue weighted by Crippen LogP contribution is 2.22. The lowest BCUT2D eigenvalue weighted by Gasteiger charge is -2.26. The zero-order valence-electron chi connectivity index (χ0n) is 10.00. The predicted octanol–water partition coefficient (Wildman–Crippen LogP) is 2.23. The molecule has 84 valence electrons. The Morgan fingerprint density at radius 2 is 1.86 bits per heavy atom. The van der Waals surface area contributed by atoms with E-state index in [1.165, 1.54) is 32.2 Å². The lowest BCUT2D eigenvalue weighted by Crippen LogP contribution is -2.35. The molecular weight excluding hydrogens is 172 g/mol. The van der Waals surface area contributed by atoms with E-state index in [0.29, 0.717) is 12.0 Å². The quantitative estimate of drug-likeness (QED) is 0.734. The van der Waals surface area contributed by atoms with Gasteiger partial charge in [-0.1, -0.05) is 26.7 Å². The Hall–Kier alpha value is -0.0800. The second-order valence-electron chi connectivity index (χ2n) is 5.12. The van der Waals surface area contributed by atoms with Crippen LogP contribution < -0.4 is 5.73 Å². The van der Waals surface area contributed by atoms with Crippen LogP contribution in [0.2, 0.25) is 0 Å². The Kier molecular flexibility index (Phi) is 4.90. The van der Waals surface area contributed by atoms with Crippen LogP contribution in [-0.4, -0.2) is 30.6 Å². The molecule has 1 aliphatic rings. The molecule has 0 aliphatic heterocycles. The van der Waals surface area contributed by atoms with Gasteiger partial charge in [0.2, 0.25) is 0 Å². The summed E-state index contributed by atoms with van der Waals surface area (Å²) in [4.78, 5) is 2.51. The first-order valence-corrected chi connectivity index (χ1v) is 6.07. The van der Waals surface area contributed by atoms with E-state index in [2.05, 4.69) is 25.8 Å². The van der Waals surface area contributed by atoms with Crippen molar-refractivity contribution in [1.82, 2.24) is 4.90 Å². The van der Waals surface area contributed by atoms with Gasteiger partial charge in [-0.25, -0.2) is 0 Å². The van der Waals surface area contributed by atoms with E-state index in [1.54, 1.807) is 0 Å². The fourth-order valence-electron chi connectivity index (χ4n) is 2.21. The molecule has 1 saturated carbocycles. The molecular formula is C12H26N2. The molecule has 0 spiro atoms. The Balaban J connectivity index is 2.16. The third-order valence-corrected chi connectivity index (χ3v) is 3.62. The van der Waals surface area contributed by atoms with Crippen LogP contribution >= 0.6 is 0 Å². The first-order chi connectivity index (χ1) is 6.61. The molecule has 1 atom stereocenters. The average molecular weight is 198 g/mol. The Morgan fingerprint density at radius 1 is 1.29 bits per heavy atom. The molecule has 0 bridgehead atoms. The first kappa shape index (κ1) is 12.0. The molecule has 0 aromatic carbocycles. The number of nitrogens with zero attached hydrogens (tertiary/aromatic N) is 1. The summed E-state index contributed by atoms with van der Waals surface area (Å²) in [5.41, 5.74) is 6.04. The first-order valence-electron chi connectivity index (χ1n) is 6.07. The predicted molar refractivity (Wildman–Crippen MR) is 62.3 cm³/mol. The summed E-state index contributed by atoms with van der Waals surface area (Å²) in [6, 6.07) is 1.22. The van der Waals surface area contributed by atoms with E-state index >= 15 is 0 Å². The topological polar surface area (TPSA) is 29.3 Å². The SMILES string of the molecule is CC(C)C(N)CCN(C)C1CCCC1. The molecule has 1 unspecified atom stereocenters. The van der Waals surface area contributed by atoms with Crippen molar-refractivity contribution in [1.29, 1.82) is 0 Å². The van der Waals surface area contributed by atoms with Crippen molar-refractivity contribution in [2.75, 3.05) is 13.6 Å². The van der Waals surface area contributed by atoms with E-state index in [9.17, 15) is 0 Å². The van der Waals surface area contributed by atoms with Crippen molar-refractivity contribution in [3.05, 3.63) is 0 Å². The van der Waals surface area contributed by atoms with Gasteiger partial charge in [0.15, 0.2) is 0 Å². The van der Waals surface area contributed by atoms with Gasteiger partial charge in [-0.05, 0) is 38.8 Å². The highest BCUT2D eigenvalue weighted by Gasteiger charge is 2.19. The molecule has 0 aromatic heterocycles. The van der Waals surface area contributed by atoms with Crippen LogP contribution in [0.3, 0.4) is 0 Å². The maximum absolute atomic E-state index is 6.04. The van der Waals surface area contributed by atoms with Crippen molar-refractivity contribution in [3.8, 4) is 0 Å². The summed E-state index contributed by atoms with van der Waals surface area (Å²) in [5.74, 6) is 0.618. The van der Waals surface area contributed by atoms with Crippen LogP contribution in [-0.2, 0) is 0 Å². The summed E-state index contributed by atoms with van der Waals surface area (Å²) in [7, 11) is 2.25. The molecule has 0 amide bonds. The van der Waals surface area contributed by atoms with Crippen molar-refractivity contribution < 1.29 is 0 Å². The summed E-state index contributed by atoms with van der Waals surface area (Å²) in [6.07, 6.45) is 6.78. The van der Waals surface area contributed by atoms with Crippen LogP contribution in [0.5, 0.6) is 0 Å². The van der Waals surface area contributed by atoms with Gasteiger partial charge in [-0.3, -0.25) is 0 Å². The van der Waals surface area contributed by atoms with Gasteiger partial charge in [-0.2, -0.15) is 0 Å². The highest BCUT2D eigenvalue weighted by atomic mass is 15.1. The van der Waals surface area contributed by atoms with Crippen LogP contribution in [0, 0.1) is 5.92 Å². The van der Waals surface area contributed by atoms with Crippen molar-refractivity contribution in [2.45, 2.75) is 58.0 Å². The van der Waals surface area contributed by atoms with E-state index in [4.69, 9.17) is 5.73 Å². The smallest absolute Gasteiger partial charge is 0.00922 e. The zero-order valence-corrected chi connectivity index (χ0v) is 10.00. The number of hydrogen-bond donors (Lipinski definition) is 1. The fourth-order valence-corrected chi connectivity index (χ4v) is 2.21. The van der Waals surface area contributed by atoms with Crippen molar-refractivity contribution >= 4 is 0 Å². The van der Waals surface area contributed by atoms with E-state index < -0.39 is 0 Å². The number of nitrogens with two attached hydrogens (primary N) is 1. The minimum Gasteiger partial charge on any atom is -0.327 e. The monoisotopic (exact) mass is 198 g/mol. The number of hydrogen-bond acceptors (Lipinski definition) is 2. The van der Waals surface area contributed by atoms with Gasteiger partial charge >= 0.3 is 0 Å². The minimum atomic E-state index is 0.374. The molecule has 0 saturated heterocycles. The summed E-state index contributed by atoms with van der Waals surface area (Å²) in [6.45, 7) is 5.59. The molecule has 2 nitrogen and oxygen atoms in total. The maximum atomic E-state index is 6.04. The summed E-state index contributed by atoms with van der Waals surface area (Å²) < 4.78 is 0. The molecule has 0 radical (unpaired) electrons. The molecule has 0 heterocycles. The van der Waals surface area contributed by atoms with E-state index in [1.807, 2.05) is 0 Å². The van der Waals surface area contributed by atoms with Gasteiger partial charge in [0.25, 0.3) is 0 Å². The van der Waals surface area contributed by atoms with Crippen molar-refractivity contribution in [2.24, 2.45) is 11.7 Å². The van der Waals surface area contributed by atoms with Crippen molar-refractivity contribution in [3.63, 3.8) is 0 Å². The Morgan fingerprint density at radius 3 is 2.36 bits per heavy atom. The lowest BCUT2D eigenvalue weighted by molar-refractivity contribution is 0.230. The second kappa shape index (κ2) is 5.72. The Labute approximate surface area is 88.8 Å². The highest BCUT2D eigenvalue weighted by molar-refractivity contribution is 4.76. The molecule has 0 aromatic rings. The summed E-state index contributed by atoms with van der Waals surface area (Å²) >= 11 is 0. The largest absolute Gasteiger partial charge is 0.327 e. The summed E-state index contributed by atoms with van der Waals surface area (Å²) in [5, 5.41) is 0. The van der Waals surface area contributed by atoms with Gasteiger partial charge in [0, 0.05) is 12.1 Å². The van der Waals surface area contributed by atoms with Gasteiger partial charge in [0.1, 0.15) is 0 Å². The van der Waals surface area contributed by atoms with E-state index in [0.717, 1.165) is 12.5 Å². The third kappa shape index (κ3) is 3.58. The maximum Gasteiger partial charge on any atom is 0.00922 e. The molecule has 2 N–H and O–H groups in total. The van der Waals surface area contributed by atoms with Gasteiger partial charge < -0.3 is 10.6 Å². The normalized spacial score (nSPS) is 21.0. The van der Waals surface area contributed by atoms with Crippen LogP contribution in [0.1, 0.15) is 46.0 Å². The van der Waals surface area contributed by atoms with Crippen LogP contribution in [0.25, 0.3) is 0 Å². The van der Waals surface area contributed by atoms with Crippen LogP contribution in [0.15, 0.2) is 0 Å². The van der Waals surface area contributed by atoms with Crippen LogP contribution in [0.4, 0.5) is 0 Å². The van der Waals surface area contributed by atoms with Gasteiger partial charge in [0.05, 0.1) is 0 Å². The minimum absolute atomic E-state index is 0.374. The van der Waals surface area contributed by atoms with E-state index in [-0.39, 0.29) is 0 Å². The number of rotatable bonds is 5. The van der Waals surface area contributed by atoms with Gasteiger partial charge in [-0.15, -0.1) is 0 Å².